The van der Waals surface area contributed by atoms with Crippen molar-refractivity contribution in [1.29, 1.82) is 0 Å². The van der Waals surface area contributed by atoms with Gasteiger partial charge in [0.05, 0.1) is 0 Å². The molecule has 8 heteroatoms. The topological polar surface area (TPSA) is 77.6 Å². The number of thiophene rings is 2. The number of benzene rings is 7. The number of rotatable bonds is 5. The van der Waals surface area contributed by atoms with Gasteiger partial charge in [-0.1, -0.05) is 133 Å². The smallest absolute Gasteiger partial charge is 0.180 e. The molecule has 0 N–H and O–H groups in total. The van der Waals surface area contributed by atoms with Crippen molar-refractivity contribution in [2.24, 2.45) is 0 Å². The van der Waals surface area contributed by atoms with Crippen molar-refractivity contribution in [3.63, 3.8) is 0 Å². The van der Waals surface area contributed by atoms with E-state index in [4.69, 9.17) is 29.3 Å². The zero-order chi connectivity index (χ0) is 37.5. The lowest BCUT2D eigenvalue weighted by Gasteiger charge is -2.10. The lowest BCUT2D eigenvalue weighted by atomic mass is 10.0. The third-order valence-corrected chi connectivity index (χ3v) is 13.0. The van der Waals surface area contributed by atoms with E-state index in [0.717, 1.165) is 70.2 Å². The Bertz CT molecular complexity index is 3480. The van der Waals surface area contributed by atoms with Gasteiger partial charge in [-0.2, -0.15) is 0 Å². The maximum atomic E-state index is 6.60. The summed E-state index contributed by atoms with van der Waals surface area (Å²) in [6, 6.07) is 56.2. The minimum absolute atomic E-state index is 0.625. The van der Waals surface area contributed by atoms with E-state index in [1.807, 2.05) is 78.9 Å². The molecule has 0 unspecified atom stereocenters. The third-order valence-electron chi connectivity index (χ3n) is 10.6. The molecule has 266 valence electrons. The predicted octanol–water partition coefficient (Wildman–Crippen LogP) is 13.6. The molecule has 0 saturated carbocycles. The summed E-state index contributed by atoms with van der Waals surface area (Å²) in [7, 11) is 0. The average molecular weight is 766 g/mol. The lowest BCUT2D eigenvalue weighted by molar-refractivity contribution is 0.667. The molecule has 0 aliphatic rings. The summed E-state index contributed by atoms with van der Waals surface area (Å²) in [5.41, 5.74) is 7.87. The largest absolute Gasteiger partial charge is 0.452 e. The highest BCUT2D eigenvalue weighted by molar-refractivity contribution is 7.26. The molecular weight excluding hydrogens is 739 g/mol. The Balaban J connectivity index is 1.10. The zero-order valence-electron chi connectivity index (χ0n) is 30.0. The van der Waals surface area contributed by atoms with Crippen LogP contribution in [-0.2, 0) is 0 Å². The first-order chi connectivity index (χ1) is 28.2. The first kappa shape index (κ1) is 32.1. The summed E-state index contributed by atoms with van der Waals surface area (Å²) < 4.78 is 11.2. The van der Waals surface area contributed by atoms with E-state index >= 15 is 0 Å². The van der Waals surface area contributed by atoms with Crippen molar-refractivity contribution < 1.29 is 4.42 Å². The van der Waals surface area contributed by atoms with Crippen LogP contribution in [0, 0.1) is 0 Å². The molecule has 12 aromatic rings. The standard InChI is InChI=1S/C49H27N5OS2/c1-3-14-28(15-4-1)46-52-47(29-16-5-2-6-17-29)54-48(53-46)34-22-13-27-39-40(34)33-21-12-24-36(45(33)57-39)49-50-41-32-19-7-9-25-37(32)55-43(41)42(51-49)35-23-11-20-31-30-18-8-10-26-38(30)56-44(31)35/h1-27H. The van der Waals surface area contributed by atoms with E-state index in [1.165, 1.54) is 20.2 Å². The van der Waals surface area contributed by atoms with Crippen LogP contribution in [-0.4, -0.2) is 24.9 Å². The Hall–Kier alpha value is -7.13. The minimum Gasteiger partial charge on any atom is -0.452 e. The second-order valence-corrected chi connectivity index (χ2v) is 16.1. The van der Waals surface area contributed by atoms with Crippen molar-refractivity contribution in [1.82, 2.24) is 24.9 Å². The van der Waals surface area contributed by atoms with Crippen molar-refractivity contribution in [3.8, 4) is 56.8 Å². The lowest BCUT2D eigenvalue weighted by Crippen LogP contribution is -2.00. The van der Waals surface area contributed by atoms with E-state index in [0.29, 0.717) is 28.9 Å². The summed E-state index contributed by atoms with van der Waals surface area (Å²) >= 11 is 3.53. The van der Waals surface area contributed by atoms with Crippen LogP contribution in [0.3, 0.4) is 0 Å². The number of para-hydroxylation sites is 1. The Labute approximate surface area is 333 Å². The Morgan fingerprint density at radius 2 is 0.912 bits per heavy atom. The number of fused-ring (bicyclic) bond motifs is 9. The second-order valence-electron chi connectivity index (χ2n) is 14.0. The zero-order valence-corrected chi connectivity index (χ0v) is 31.7. The normalized spacial score (nSPS) is 11.9. The number of hydrogen-bond donors (Lipinski definition) is 0. The molecule has 0 spiro atoms. The van der Waals surface area contributed by atoms with E-state index in [9.17, 15) is 0 Å². The fourth-order valence-corrected chi connectivity index (χ4v) is 10.4. The number of furan rings is 1. The van der Waals surface area contributed by atoms with Crippen LogP contribution in [0.1, 0.15) is 0 Å². The highest BCUT2D eigenvalue weighted by Crippen LogP contribution is 2.46. The predicted molar refractivity (Wildman–Crippen MR) is 236 cm³/mol. The molecule has 0 amide bonds. The fourth-order valence-electron chi connectivity index (χ4n) is 7.97. The van der Waals surface area contributed by atoms with Crippen molar-refractivity contribution >= 4 is 85.1 Å². The first-order valence-corrected chi connectivity index (χ1v) is 20.3. The van der Waals surface area contributed by atoms with Gasteiger partial charge in [0.2, 0.25) is 0 Å². The molecule has 0 atom stereocenters. The van der Waals surface area contributed by atoms with Crippen LogP contribution in [0.5, 0.6) is 0 Å². The Kier molecular flexibility index (Phi) is 7.17. The summed E-state index contributed by atoms with van der Waals surface area (Å²) in [5, 5.41) is 5.60. The highest BCUT2D eigenvalue weighted by Gasteiger charge is 2.23. The van der Waals surface area contributed by atoms with Crippen LogP contribution in [0.25, 0.3) is 119 Å². The molecule has 7 aromatic carbocycles. The van der Waals surface area contributed by atoms with E-state index in [-0.39, 0.29) is 0 Å². The first-order valence-electron chi connectivity index (χ1n) is 18.7. The number of aromatic nitrogens is 5. The van der Waals surface area contributed by atoms with Gasteiger partial charge in [0.1, 0.15) is 16.8 Å². The monoisotopic (exact) mass is 765 g/mol. The van der Waals surface area contributed by atoms with Crippen LogP contribution in [0.15, 0.2) is 168 Å². The molecular formula is C49H27N5OS2. The van der Waals surface area contributed by atoms with Gasteiger partial charge < -0.3 is 4.42 Å². The molecule has 5 aromatic heterocycles. The molecule has 0 aliphatic heterocycles. The highest BCUT2D eigenvalue weighted by atomic mass is 32.1. The molecule has 0 aliphatic carbocycles. The van der Waals surface area contributed by atoms with E-state index in [2.05, 4.69) is 84.9 Å². The molecule has 6 nitrogen and oxygen atoms in total. The number of hydrogen-bond acceptors (Lipinski definition) is 8. The molecule has 12 rings (SSSR count). The van der Waals surface area contributed by atoms with Gasteiger partial charge in [-0.05, 0) is 30.3 Å². The molecule has 0 fully saturated rings. The minimum atomic E-state index is 0.625. The Morgan fingerprint density at radius 3 is 1.70 bits per heavy atom. The third kappa shape index (κ3) is 5.12. The van der Waals surface area contributed by atoms with Crippen LogP contribution >= 0.6 is 22.7 Å². The summed E-state index contributed by atoms with van der Waals surface area (Å²) in [6.07, 6.45) is 0. The van der Waals surface area contributed by atoms with Crippen molar-refractivity contribution in [2.45, 2.75) is 0 Å². The van der Waals surface area contributed by atoms with Gasteiger partial charge in [-0.3, -0.25) is 0 Å². The van der Waals surface area contributed by atoms with E-state index in [1.54, 1.807) is 22.7 Å². The van der Waals surface area contributed by atoms with Crippen LogP contribution in [0.2, 0.25) is 0 Å². The SMILES string of the molecule is c1ccc(-c2nc(-c3ccccc3)nc(-c3cccc4sc5c(-c6nc(-c7cccc8c7sc7ccccc78)c7oc8ccccc8c7n6)cccc5c34)n2)cc1. The Morgan fingerprint density at radius 1 is 0.368 bits per heavy atom. The number of nitrogens with zero attached hydrogens (tertiary/aromatic N) is 5. The molecule has 0 bridgehead atoms. The van der Waals surface area contributed by atoms with Crippen LogP contribution in [0.4, 0.5) is 0 Å². The molecule has 57 heavy (non-hydrogen) atoms. The summed E-state index contributed by atoms with van der Waals surface area (Å²) in [6.45, 7) is 0. The van der Waals surface area contributed by atoms with Gasteiger partial charge in [0.25, 0.3) is 0 Å². The van der Waals surface area contributed by atoms with Gasteiger partial charge in [-0.15, -0.1) is 22.7 Å². The average Bonchev–Trinajstić information content (AvgIpc) is 3.98. The quantitative estimate of drug-likeness (QED) is 0.174. The van der Waals surface area contributed by atoms with Gasteiger partial charge in [-0.25, -0.2) is 24.9 Å². The van der Waals surface area contributed by atoms with Gasteiger partial charge in [0, 0.05) is 73.5 Å². The van der Waals surface area contributed by atoms with Gasteiger partial charge in [0.15, 0.2) is 28.9 Å². The van der Waals surface area contributed by atoms with Crippen LogP contribution < -0.4 is 0 Å². The summed E-state index contributed by atoms with van der Waals surface area (Å²) in [4.78, 5) is 25.9. The van der Waals surface area contributed by atoms with E-state index < -0.39 is 0 Å². The van der Waals surface area contributed by atoms with Crippen molar-refractivity contribution in [3.05, 3.63) is 164 Å². The maximum Gasteiger partial charge on any atom is 0.180 e. The molecule has 5 heterocycles. The molecule has 0 saturated heterocycles. The second kappa shape index (κ2) is 12.7. The molecule has 0 radical (unpaired) electrons. The maximum absolute atomic E-state index is 6.60. The van der Waals surface area contributed by atoms with Crippen molar-refractivity contribution in [2.75, 3.05) is 0 Å². The van der Waals surface area contributed by atoms with Gasteiger partial charge >= 0.3 is 0 Å². The fraction of sp³-hybridized carbons (Fsp3) is 0. The summed E-state index contributed by atoms with van der Waals surface area (Å²) in [5.74, 6) is 2.54.